The first-order valence-corrected chi connectivity index (χ1v) is 6.62. The lowest BCUT2D eigenvalue weighted by Gasteiger charge is -2.04. The number of carbonyl (C=O) groups excluding carboxylic acids is 2. The van der Waals surface area contributed by atoms with Gasteiger partial charge in [-0.05, 0) is 35.9 Å². The SMILES string of the molecule is O=C(COc1ccc(C(=O)/C=C/c2ccccc2)cc1)NO. The third kappa shape index (κ3) is 4.57. The molecule has 5 nitrogen and oxygen atoms in total. The zero-order valence-electron chi connectivity index (χ0n) is 11.7. The van der Waals surface area contributed by atoms with Crippen molar-refractivity contribution in [2.24, 2.45) is 0 Å². The fourth-order valence-electron chi connectivity index (χ4n) is 1.73. The Hall–Kier alpha value is -2.92. The number of hydrogen-bond donors (Lipinski definition) is 2. The van der Waals surface area contributed by atoms with E-state index in [1.165, 1.54) is 11.6 Å². The van der Waals surface area contributed by atoms with E-state index in [2.05, 4.69) is 0 Å². The zero-order chi connectivity index (χ0) is 15.8. The number of ether oxygens (including phenoxy) is 1. The molecule has 22 heavy (non-hydrogen) atoms. The van der Waals surface area contributed by atoms with Crippen LogP contribution in [0.1, 0.15) is 15.9 Å². The molecule has 0 aromatic heterocycles. The number of carbonyl (C=O) groups is 2. The molecule has 2 aromatic rings. The van der Waals surface area contributed by atoms with Crippen LogP contribution in [0.3, 0.4) is 0 Å². The van der Waals surface area contributed by atoms with Crippen LogP contribution in [0.15, 0.2) is 60.7 Å². The zero-order valence-corrected chi connectivity index (χ0v) is 11.7. The molecule has 112 valence electrons. The van der Waals surface area contributed by atoms with Crippen LogP contribution in [0.2, 0.25) is 0 Å². The monoisotopic (exact) mass is 297 g/mol. The van der Waals surface area contributed by atoms with Gasteiger partial charge in [0.2, 0.25) is 0 Å². The van der Waals surface area contributed by atoms with Crippen LogP contribution in [-0.4, -0.2) is 23.5 Å². The summed E-state index contributed by atoms with van der Waals surface area (Å²) < 4.78 is 5.12. The summed E-state index contributed by atoms with van der Waals surface area (Å²) in [6, 6.07) is 15.9. The first-order chi connectivity index (χ1) is 10.7. The third-order valence-electron chi connectivity index (χ3n) is 2.86. The van der Waals surface area contributed by atoms with Crippen molar-refractivity contribution in [2.45, 2.75) is 0 Å². The summed E-state index contributed by atoms with van der Waals surface area (Å²) in [5.41, 5.74) is 2.94. The first-order valence-electron chi connectivity index (χ1n) is 6.62. The maximum absolute atomic E-state index is 12.0. The highest BCUT2D eigenvalue weighted by atomic mass is 16.5. The average Bonchev–Trinajstić information content (AvgIpc) is 2.59. The van der Waals surface area contributed by atoms with E-state index in [1.807, 2.05) is 30.3 Å². The summed E-state index contributed by atoms with van der Waals surface area (Å²) in [5.74, 6) is -0.332. The second-order valence-electron chi connectivity index (χ2n) is 4.46. The largest absolute Gasteiger partial charge is 0.484 e. The maximum atomic E-state index is 12.0. The van der Waals surface area contributed by atoms with Gasteiger partial charge in [0.15, 0.2) is 12.4 Å². The number of benzene rings is 2. The van der Waals surface area contributed by atoms with Crippen LogP contribution >= 0.6 is 0 Å². The van der Waals surface area contributed by atoms with E-state index in [-0.39, 0.29) is 12.4 Å². The molecule has 2 rings (SSSR count). The van der Waals surface area contributed by atoms with Gasteiger partial charge in [0, 0.05) is 5.56 Å². The van der Waals surface area contributed by atoms with Crippen molar-refractivity contribution in [3.05, 3.63) is 71.8 Å². The lowest BCUT2D eigenvalue weighted by molar-refractivity contribution is -0.131. The van der Waals surface area contributed by atoms with Gasteiger partial charge in [0.05, 0.1) is 0 Å². The second kappa shape index (κ2) is 7.75. The Morgan fingerprint density at radius 2 is 1.73 bits per heavy atom. The number of nitrogens with one attached hydrogen (secondary N) is 1. The lowest BCUT2D eigenvalue weighted by atomic mass is 10.1. The van der Waals surface area contributed by atoms with Crippen molar-refractivity contribution in [1.82, 2.24) is 5.48 Å². The van der Waals surface area contributed by atoms with Crippen molar-refractivity contribution in [3.8, 4) is 5.75 Å². The van der Waals surface area contributed by atoms with E-state index in [1.54, 1.807) is 30.3 Å². The molecule has 0 aliphatic rings. The van der Waals surface area contributed by atoms with Crippen LogP contribution in [0.4, 0.5) is 0 Å². The minimum atomic E-state index is -0.647. The second-order valence-corrected chi connectivity index (χ2v) is 4.46. The number of ketones is 1. The van der Waals surface area contributed by atoms with Gasteiger partial charge in [-0.1, -0.05) is 36.4 Å². The molecule has 0 saturated carbocycles. The van der Waals surface area contributed by atoms with Gasteiger partial charge < -0.3 is 4.74 Å². The van der Waals surface area contributed by atoms with E-state index in [0.29, 0.717) is 11.3 Å². The Morgan fingerprint density at radius 3 is 2.36 bits per heavy atom. The van der Waals surface area contributed by atoms with E-state index in [0.717, 1.165) is 5.56 Å². The Morgan fingerprint density at radius 1 is 1.05 bits per heavy atom. The van der Waals surface area contributed by atoms with Crippen molar-refractivity contribution >= 4 is 17.8 Å². The number of hydrogen-bond acceptors (Lipinski definition) is 4. The molecule has 0 aliphatic heterocycles. The molecule has 0 fully saturated rings. The van der Waals surface area contributed by atoms with E-state index < -0.39 is 5.91 Å². The van der Waals surface area contributed by atoms with Gasteiger partial charge in [-0.3, -0.25) is 14.8 Å². The van der Waals surface area contributed by atoms with Crippen molar-refractivity contribution in [1.29, 1.82) is 0 Å². The number of allylic oxidation sites excluding steroid dienone is 1. The van der Waals surface area contributed by atoms with Crippen LogP contribution in [0.25, 0.3) is 6.08 Å². The van der Waals surface area contributed by atoms with Crippen molar-refractivity contribution < 1.29 is 19.5 Å². The third-order valence-corrected chi connectivity index (χ3v) is 2.86. The molecule has 0 saturated heterocycles. The van der Waals surface area contributed by atoms with Gasteiger partial charge in [-0.15, -0.1) is 0 Å². The van der Waals surface area contributed by atoms with Gasteiger partial charge in [-0.2, -0.15) is 0 Å². The minimum Gasteiger partial charge on any atom is -0.484 e. The molecule has 0 radical (unpaired) electrons. The lowest BCUT2D eigenvalue weighted by Crippen LogP contribution is -2.25. The predicted molar refractivity (Wildman–Crippen MR) is 81.7 cm³/mol. The molecule has 5 heteroatoms. The number of hydroxylamine groups is 1. The fourth-order valence-corrected chi connectivity index (χ4v) is 1.73. The predicted octanol–water partition coefficient (Wildman–Crippen LogP) is 2.47. The molecule has 2 aromatic carbocycles. The molecule has 0 spiro atoms. The summed E-state index contributed by atoms with van der Waals surface area (Å²) in [5, 5.41) is 8.35. The molecule has 0 atom stereocenters. The Labute approximate surface area is 127 Å². The molecule has 0 bridgehead atoms. The highest BCUT2D eigenvalue weighted by Crippen LogP contribution is 2.13. The Balaban J connectivity index is 1.96. The summed E-state index contributed by atoms with van der Waals surface area (Å²) in [4.78, 5) is 22.8. The fraction of sp³-hybridized carbons (Fsp3) is 0.0588. The van der Waals surface area contributed by atoms with Gasteiger partial charge >= 0.3 is 0 Å². The topological polar surface area (TPSA) is 75.6 Å². The Bertz CT molecular complexity index is 663. The molecule has 0 aliphatic carbocycles. The van der Waals surface area contributed by atoms with Crippen molar-refractivity contribution in [3.63, 3.8) is 0 Å². The molecule has 0 heterocycles. The normalized spacial score (nSPS) is 10.4. The summed E-state index contributed by atoms with van der Waals surface area (Å²) in [7, 11) is 0. The van der Waals surface area contributed by atoms with Crippen LogP contribution in [0, 0.1) is 0 Å². The number of amides is 1. The highest BCUT2D eigenvalue weighted by Gasteiger charge is 2.04. The van der Waals surface area contributed by atoms with E-state index >= 15 is 0 Å². The minimum absolute atomic E-state index is 0.122. The standard InChI is InChI=1S/C17H15NO4/c19-16(11-6-13-4-2-1-3-5-13)14-7-9-15(10-8-14)22-12-17(20)18-21/h1-11,21H,12H2,(H,18,20)/b11-6+. The molecular weight excluding hydrogens is 282 g/mol. The quantitative estimate of drug-likeness (QED) is 0.372. The molecule has 1 amide bonds. The highest BCUT2D eigenvalue weighted by molar-refractivity contribution is 6.06. The van der Waals surface area contributed by atoms with Crippen LogP contribution in [-0.2, 0) is 4.79 Å². The molecular formula is C17H15NO4. The van der Waals surface area contributed by atoms with Crippen molar-refractivity contribution in [2.75, 3.05) is 6.61 Å². The van der Waals surface area contributed by atoms with E-state index in [9.17, 15) is 9.59 Å². The number of rotatable bonds is 6. The molecule has 0 unspecified atom stereocenters. The van der Waals surface area contributed by atoms with Gasteiger partial charge in [0.1, 0.15) is 5.75 Å². The van der Waals surface area contributed by atoms with Gasteiger partial charge in [0.25, 0.3) is 5.91 Å². The summed E-state index contributed by atoms with van der Waals surface area (Å²) in [6.07, 6.45) is 3.25. The maximum Gasteiger partial charge on any atom is 0.281 e. The van der Waals surface area contributed by atoms with E-state index in [4.69, 9.17) is 9.94 Å². The van der Waals surface area contributed by atoms with Crippen LogP contribution < -0.4 is 10.2 Å². The van der Waals surface area contributed by atoms with Crippen LogP contribution in [0.5, 0.6) is 5.75 Å². The Kier molecular flexibility index (Phi) is 5.45. The van der Waals surface area contributed by atoms with Gasteiger partial charge in [-0.25, -0.2) is 5.48 Å². The first kappa shape index (κ1) is 15.5. The summed E-state index contributed by atoms with van der Waals surface area (Å²) in [6.45, 7) is -0.294. The average molecular weight is 297 g/mol. The summed E-state index contributed by atoms with van der Waals surface area (Å²) >= 11 is 0. The smallest absolute Gasteiger partial charge is 0.281 e. The molecule has 2 N–H and O–H groups in total.